The summed E-state index contributed by atoms with van der Waals surface area (Å²) < 4.78 is 5.67. The highest BCUT2D eigenvalue weighted by Gasteiger charge is 2.29. The Bertz CT molecular complexity index is 468. The number of carbonyl (C=O) groups excluding carboxylic acids is 1. The second kappa shape index (κ2) is 5.85. The van der Waals surface area contributed by atoms with Crippen molar-refractivity contribution in [1.82, 2.24) is 4.90 Å². The number of rotatable bonds is 3. The van der Waals surface area contributed by atoms with Crippen LogP contribution >= 0.6 is 0 Å². The summed E-state index contributed by atoms with van der Waals surface area (Å²) in [5.74, 6) is 0.114. The van der Waals surface area contributed by atoms with E-state index in [0.29, 0.717) is 19.2 Å². The smallest absolute Gasteiger partial charge is 0.193 e. The number of ether oxygens (including phenoxy) is 1. The van der Waals surface area contributed by atoms with E-state index in [9.17, 15) is 4.79 Å². The van der Waals surface area contributed by atoms with Gasteiger partial charge in [0.2, 0.25) is 0 Å². The van der Waals surface area contributed by atoms with Gasteiger partial charge in [-0.15, -0.1) is 0 Å². The molecular weight excluding hydrogens is 238 g/mol. The second-order valence-corrected chi connectivity index (χ2v) is 5.63. The number of aryl methyl sites for hydroxylation is 2. The van der Waals surface area contributed by atoms with Gasteiger partial charge in [0, 0.05) is 24.7 Å². The Morgan fingerprint density at radius 1 is 1.37 bits per heavy atom. The molecule has 1 fully saturated rings. The van der Waals surface area contributed by atoms with Gasteiger partial charge in [-0.1, -0.05) is 23.8 Å². The Morgan fingerprint density at radius 2 is 2.11 bits per heavy atom. The van der Waals surface area contributed by atoms with Gasteiger partial charge in [0.05, 0.1) is 6.61 Å². The van der Waals surface area contributed by atoms with Crippen LogP contribution in [-0.2, 0) is 4.74 Å². The molecule has 0 radical (unpaired) electrons. The summed E-state index contributed by atoms with van der Waals surface area (Å²) in [5, 5.41) is 0. The first kappa shape index (κ1) is 14.2. The number of nitrogens with zero attached hydrogens (tertiary/aromatic N) is 1. The average molecular weight is 261 g/mol. The van der Waals surface area contributed by atoms with Crippen molar-refractivity contribution in [1.29, 1.82) is 0 Å². The van der Waals surface area contributed by atoms with Crippen LogP contribution in [-0.4, -0.2) is 42.5 Å². The summed E-state index contributed by atoms with van der Waals surface area (Å²) in [4.78, 5) is 14.8. The lowest BCUT2D eigenvalue weighted by atomic mass is 9.98. The van der Waals surface area contributed by atoms with Gasteiger partial charge in [0.25, 0.3) is 0 Å². The fourth-order valence-electron chi connectivity index (χ4n) is 2.56. The van der Waals surface area contributed by atoms with E-state index in [1.54, 1.807) is 0 Å². The maximum atomic E-state index is 12.5. The van der Waals surface area contributed by atoms with Crippen LogP contribution in [0.2, 0.25) is 0 Å². The monoisotopic (exact) mass is 261 g/mol. The molecule has 1 heterocycles. The van der Waals surface area contributed by atoms with Gasteiger partial charge in [0.15, 0.2) is 5.78 Å². The second-order valence-electron chi connectivity index (χ2n) is 5.63. The van der Waals surface area contributed by atoms with Crippen molar-refractivity contribution in [3.8, 4) is 0 Å². The quantitative estimate of drug-likeness (QED) is 0.783. The van der Waals surface area contributed by atoms with Gasteiger partial charge in [-0.2, -0.15) is 0 Å². The number of benzene rings is 1. The van der Waals surface area contributed by atoms with Crippen molar-refractivity contribution in [2.45, 2.75) is 39.8 Å². The van der Waals surface area contributed by atoms with Crippen LogP contribution in [0.15, 0.2) is 18.2 Å². The fraction of sp³-hybridized carbons (Fsp3) is 0.562. The number of hydrogen-bond acceptors (Lipinski definition) is 3. The van der Waals surface area contributed by atoms with Crippen LogP contribution in [0.4, 0.5) is 0 Å². The molecule has 0 bridgehead atoms. The highest BCUT2D eigenvalue weighted by Crippen LogP contribution is 2.17. The first-order valence-corrected chi connectivity index (χ1v) is 6.96. The van der Waals surface area contributed by atoms with E-state index in [2.05, 4.69) is 24.8 Å². The summed E-state index contributed by atoms with van der Waals surface area (Å²) in [6, 6.07) is 6.42. The lowest BCUT2D eigenvalue weighted by Gasteiger charge is -2.34. The van der Waals surface area contributed by atoms with E-state index in [-0.39, 0.29) is 11.9 Å². The number of Topliss-reactive ketones (excluding diaryl/α,β-unsaturated/α-hetero) is 1. The molecular formula is C16H23NO2. The third kappa shape index (κ3) is 3.23. The zero-order valence-corrected chi connectivity index (χ0v) is 12.3. The molecule has 3 heteroatoms. The Morgan fingerprint density at radius 3 is 2.74 bits per heavy atom. The topological polar surface area (TPSA) is 29.5 Å². The van der Waals surface area contributed by atoms with Crippen LogP contribution < -0.4 is 0 Å². The maximum absolute atomic E-state index is 12.5. The summed E-state index contributed by atoms with van der Waals surface area (Å²) in [7, 11) is 0. The molecule has 19 heavy (non-hydrogen) atoms. The third-order valence-electron chi connectivity index (χ3n) is 3.77. The molecule has 1 aromatic rings. The Balaban J connectivity index is 2.15. The van der Waals surface area contributed by atoms with E-state index in [1.807, 2.05) is 26.0 Å². The summed E-state index contributed by atoms with van der Waals surface area (Å²) in [6.07, 6.45) is -0.322. The van der Waals surface area contributed by atoms with Crippen LogP contribution in [0.3, 0.4) is 0 Å². The minimum atomic E-state index is -0.322. The zero-order valence-electron chi connectivity index (χ0n) is 12.3. The standard InChI is InChI=1S/C16H23NO2/c1-11(2)17-7-8-19-15(10-17)16(18)14-6-5-12(3)9-13(14)4/h5-6,9,11,15H,7-8,10H2,1-4H3. The number of hydrogen-bond donors (Lipinski definition) is 0. The average Bonchev–Trinajstić information content (AvgIpc) is 2.38. The molecule has 0 aromatic heterocycles. The van der Waals surface area contributed by atoms with Crippen LogP contribution in [0.1, 0.15) is 35.3 Å². The Labute approximate surface area is 115 Å². The van der Waals surface area contributed by atoms with Crippen molar-refractivity contribution < 1.29 is 9.53 Å². The molecule has 0 aliphatic carbocycles. The molecule has 0 spiro atoms. The maximum Gasteiger partial charge on any atom is 0.193 e. The van der Waals surface area contributed by atoms with Crippen molar-refractivity contribution in [3.63, 3.8) is 0 Å². The molecule has 1 aromatic carbocycles. The van der Waals surface area contributed by atoms with E-state index in [1.165, 1.54) is 5.56 Å². The Hall–Kier alpha value is -1.19. The molecule has 1 aliphatic heterocycles. The fourth-order valence-corrected chi connectivity index (χ4v) is 2.56. The van der Waals surface area contributed by atoms with Gasteiger partial charge in [0.1, 0.15) is 6.10 Å². The van der Waals surface area contributed by atoms with Gasteiger partial charge in [-0.05, 0) is 33.3 Å². The van der Waals surface area contributed by atoms with Gasteiger partial charge in [-0.25, -0.2) is 0 Å². The minimum absolute atomic E-state index is 0.114. The zero-order chi connectivity index (χ0) is 14.0. The number of ketones is 1. The predicted octanol–water partition coefficient (Wildman–Crippen LogP) is 2.60. The van der Waals surface area contributed by atoms with Crippen molar-refractivity contribution in [2.75, 3.05) is 19.7 Å². The van der Waals surface area contributed by atoms with Crippen molar-refractivity contribution >= 4 is 5.78 Å². The van der Waals surface area contributed by atoms with Crippen LogP contribution in [0.25, 0.3) is 0 Å². The SMILES string of the molecule is Cc1ccc(C(=O)C2CN(C(C)C)CCO2)c(C)c1. The lowest BCUT2D eigenvalue weighted by Crippen LogP contribution is -2.48. The third-order valence-corrected chi connectivity index (χ3v) is 3.77. The van der Waals surface area contributed by atoms with Gasteiger partial charge >= 0.3 is 0 Å². The highest BCUT2D eigenvalue weighted by molar-refractivity contribution is 6.01. The molecule has 1 aliphatic rings. The molecule has 104 valence electrons. The predicted molar refractivity (Wildman–Crippen MR) is 76.7 cm³/mol. The Kier molecular flexibility index (Phi) is 4.38. The minimum Gasteiger partial charge on any atom is -0.367 e. The normalized spacial score (nSPS) is 20.8. The summed E-state index contributed by atoms with van der Waals surface area (Å²) in [6.45, 7) is 10.6. The van der Waals surface area contributed by atoms with Crippen LogP contribution in [0, 0.1) is 13.8 Å². The van der Waals surface area contributed by atoms with Crippen molar-refractivity contribution in [2.24, 2.45) is 0 Å². The highest BCUT2D eigenvalue weighted by atomic mass is 16.5. The molecule has 3 nitrogen and oxygen atoms in total. The van der Waals surface area contributed by atoms with E-state index in [4.69, 9.17) is 4.74 Å². The number of morpholine rings is 1. The van der Waals surface area contributed by atoms with Crippen LogP contribution in [0.5, 0.6) is 0 Å². The van der Waals surface area contributed by atoms with E-state index >= 15 is 0 Å². The molecule has 1 atom stereocenters. The molecule has 1 saturated heterocycles. The molecule has 0 N–H and O–H groups in total. The van der Waals surface area contributed by atoms with Crippen molar-refractivity contribution in [3.05, 3.63) is 34.9 Å². The van der Waals surface area contributed by atoms with E-state index in [0.717, 1.165) is 17.7 Å². The number of carbonyl (C=O) groups is 1. The summed E-state index contributed by atoms with van der Waals surface area (Å²) >= 11 is 0. The van der Waals surface area contributed by atoms with E-state index < -0.39 is 0 Å². The van der Waals surface area contributed by atoms with Gasteiger partial charge in [-0.3, -0.25) is 9.69 Å². The molecule has 0 saturated carbocycles. The molecule has 0 amide bonds. The first-order valence-electron chi connectivity index (χ1n) is 6.96. The molecule has 2 rings (SSSR count). The lowest BCUT2D eigenvalue weighted by molar-refractivity contribution is -0.0256. The van der Waals surface area contributed by atoms with Gasteiger partial charge < -0.3 is 4.74 Å². The first-order chi connectivity index (χ1) is 8.99. The molecule has 1 unspecified atom stereocenters. The summed E-state index contributed by atoms with van der Waals surface area (Å²) in [5.41, 5.74) is 3.01. The largest absolute Gasteiger partial charge is 0.367 e.